The molecule has 1 aliphatic heterocycles. The normalized spacial score (nSPS) is 17.3. The zero-order valence-corrected chi connectivity index (χ0v) is 16.0. The first kappa shape index (κ1) is 20.4. The van der Waals surface area contributed by atoms with Crippen LogP contribution in [0.5, 0.6) is 0 Å². The standard InChI is InChI=1S/C22H25F3N2O/c1-17(28-2)16-26-11-13-27(14-12-26)21(18-7-4-3-5-8-18)19-9-6-10-20(15-19)22(23,24)25/h3-10,15,21H,1,11-14,16H2,2H3. The summed E-state index contributed by atoms with van der Waals surface area (Å²) in [6.45, 7) is 7.67. The molecule has 28 heavy (non-hydrogen) atoms. The fraction of sp³-hybridized carbons (Fsp3) is 0.364. The summed E-state index contributed by atoms with van der Waals surface area (Å²) in [6, 6.07) is 15.2. The number of hydrogen-bond acceptors (Lipinski definition) is 3. The first-order chi connectivity index (χ1) is 13.4. The maximum Gasteiger partial charge on any atom is 0.416 e. The Balaban J connectivity index is 1.85. The van der Waals surface area contributed by atoms with Crippen molar-refractivity contribution >= 4 is 0 Å². The lowest BCUT2D eigenvalue weighted by Crippen LogP contribution is -2.48. The minimum absolute atomic E-state index is 0.212. The Hall–Kier alpha value is -2.31. The highest BCUT2D eigenvalue weighted by atomic mass is 19.4. The van der Waals surface area contributed by atoms with Crippen LogP contribution >= 0.6 is 0 Å². The molecule has 1 unspecified atom stereocenters. The highest BCUT2D eigenvalue weighted by Gasteiger charge is 2.32. The first-order valence-electron chi connectivity index (χ1n) is 9.29. The molecule has 150 valence electrons. The van der Waals surface area contributed by atoms with E-state index in [1.54, 1.807) is 13.2 Å². The van der Waals surface area contributed by atoms with E-state index in [4.69, 9.17) is 4.74 Å². The summed E-state index contributed by atoms with van der Waals surface area (Å²) >= 11 is 0. The number of alkyl halides is 3. The molecule has 0 aromatic heterocycles. The molecule has 0 radical (unpaired) electrons. The molecule has 0 spiro atoms. The molecule has 1 aliphatic rings. The molecule has 0 amide bonds. The maximum atomic E-state index is 13.2. The second kappa shape index (κ2) is 8.80. The van der Waals surface area contributed by atoms with Crippen molar-refractivity contribution in [2.75, 3.05) is 39.8 Å². The van der Waals surface area contributed by atoms with Gasteiger partial charge in [-0.15, -0.1) is 0 Å². The Morgan fingerprint density at radius 1 is 1.00 bits per heavy atom. The zero-order chi connectivity index (χ0) is 20.1. The van der Waals surface area contributed by atoms with Gasteiger partial charge < -0.3 is 4.74 Å². The van der Waals surface area contributed by atoms with Crippen molar-refractivity contribution in [3.63, 3.8) is 0 Å². The van der Waals surface area contributed by atoms with Gasteiger partial charge in [0.05, 0.1) is 25.3 Å². The number of ether oxygens (including phenoxy) is 1. The van der Waals surface area contributed by atoms with Gasteiger partial charge in [0.25, 0.3) is 0 Å². The van der Waals surface area contributed by atoms with E-state index in [1.807, 2.05) is 30.3 Å². The van der Waals surface area contributed by atoms with Crippen LogP contribution in [0, 0.1) is 0 Å². The third kappa shape index (κ3) is 4.94. The summed E-state index contributed by atoms with van der Waals surface area (Å²) in [4.78, 5) is 4.49. The van der Waals surface area contributed by atoms with Crippen LogP contribution in [0.3, 0.4) is 0 Å². The van der Waals surface area contributed by atoms with Crippen LogP contribution in [-0.4, -0.2) is 49.6 Å². The lowest BCUT2D eigenvalue weighted by molar-refractivity contribution is -0.137. The predicted molar refractivity (Wildman–Crippen MR) is 104 cm³/mol. The van der Waals surface area contributed by atoms with Crippen molar-refractivity contribution < 1.29 is 17.9 Å². The van der Waals surface area contributed by atoms with Crippen molar-refractivity contribution in [1.29, 1.82) is 0 Å². The molecule has 0 N–H and O–H groups in total. The molecule has 0 aliphatic carbocycles. The fourth-order valence-electron chi connectivity index (χ4n) is 3.63. The van der Waals surface area contributed by atoms with Crippen molar-refractivity contribution in [2.24, 2.45) is 0 Å². The van der Waals surface area contributed by atoms with Gasteiger partial charge in [-0.3, -0.25) is 9.80 Å². The van der Waals surface area contributed by atoms with Gasteiger partial charge in [0.2, 0.25) is 0 Å². The Morgan fingerprint density at radius 2 is 1.64 bits per heavy atom. The van der Waals surface area contributed by atoms with Crippen molar-refractivity contribution in [3.05, 3.63) is 83.6 Å². The quantitative estimate of drug-likeness (QED) is 0.672. The average molecular weight is 390 g/mol. The van der Waals surface area contributed by atoms with Gasteiger partial charge in [-0.05, 0) is 23.3 Å². The number of benzene rings is 2. The summed E-state index contributed by atoms with van der Waals surface area (Å²) in [5, 5.41) is 0. The Bertz CT molecular complexity index is 784. The second-order valence-corrected chi connectivity index (χ2v) is 6.99. The SMILES string of the molecule is C=C(CN1CCN(C(c2ccccc2)c2cccc(C(F)(F)F)c2)CC1)OC. The third-order valence-electron chi connectivity index (χ3n) is 5.11. The van der Waals surface area contributed by atoms with Crippen LogP contribution in [0.15, 0.2) is 66.9 Å². The fourth-order valence-corrected chi connectivity index (χ4v) is 3.63. The number of rotatable bonds is 6. The molecule has 1 fully saturated rings. The molecule has 1 saturated heterocycles. The largest absolute Gasteiger partial charge is 0.500 e. The van der Waals surface area contributed by atoms with Crippen LogP contribution in [0.2, 0.25) is 0 Å². The number of nitrogens with zero attached hydrogens (tertiary/aromatic N) is 2. The highest BCUT2D eigenvalue weighted by molar-refractivity contribution is 5.35. The van der Waals surface area contributed by atoms with Gasteiger partial charge in [0.1, 0.15) is 5.76 Å². The molecule has 0 bridgehead atoms. The molecule has 2 aromatic carbocycles. The predicted octanol–water partition coefficient (Wildman–Crippen LogP) is 4.57. The van der Waals surface area contributed by atoms with E-state index in [9.17, 15) is 13.2 Å². The summed E-state index contributed by atoms with van der Waals surface area (Å²) in [5.41, 5.74) is 1.05. The van der Waals surface area contributed by atoms with Gasteiger partial charge >= 0.3 is 6.18 Å². The molecule has 1 heterocycles. The number of methoxy groups -OCH3 is 1. The van der Waals surface area contributed by atoms with Crippen molar-refractivity contribution in [3.8, 4) is 0 Å². The summed E-state index contributed by atoms with van der Waals surface area (Å²) < 4.78 is 44.9. The Labute approximate surface area is 164 Å². The van der Waals surface area contributed by atoms with Crippen LogP contribution in [0.1, 0.15) is 22.7 Å². The molecular weight excluding hydrogens is 365 g/mol. The lowest BCUT2D eigenvalue weighted by Gasteiger charge is -2.40. The van der Waals surface area contributed by atoms with E-state index >= 15 is 0 Å². The topological polar surface area (TPSA) is 15.7 Å². The number of hydrogen-bond donors (Lipinski definition) is 0. The number of piperazine rings is 1. The molecular formula is C22H25F3N2O. The van der Waals surface area contributed by atoms with Gasteiger partial charge in [-0.2, -0.15) is 13.2 Å². The van der Waals surface area contributed by atoms with E-state index in [-0.39, 0.29) is 6.04 Å². The van der Waals surface area contributed by atoms with E-state index in [0.717, 1.165) is 37.8 Å². The van der Waals surface area contributed by atoms with Crippen molar-refractivity contribution in [1.82, 2.24) is 9.80 Å². The van der Waals surface area contributed by atoms with Crippen LogP contribution in [0.25, 0.3) is 0 Å². The molecule has 3 nitrogen and oxygen atoms in total. The second-order valence-electron chi connectivity index (χ2n) is 6.99. The molecule has 6 heteroatoms. The Morgan fingerprint density at radius 3 is 2.25 bits per heavy atom. The molecule has 0 saturated carbocycles. The number of halogens is 3. The van der Waals surface area contributed by atoms with Gasteiger partial charge in [-0.25, -0.2) is 0 Å². The minimum atomic E-state index is -4.35. The van der Waals surface area contributed by atoms with Crippen LogP contribution in [0.4, 0.5) is 13.2 Å². The summed E-state index contributed by atoms with van der Waals surface area (Å²) in [5.74, 6) is 0.714. The maximum absolute atomic E-state index is 13.2. The Kier molecular flexibility index (Phi) is 6.42. The molecule has 2 aromatic rings. The summed E-state index contributed by atoms with van der Waals surface area (Å²) in [7, 11) is 1.61. The van der Waals surface area contributed by atoms with Gasteiger partial charge in [-0.1, -0.05) is 49.0 Å². The molecule has 3 rings (SSSR count). The minimum Gasteiger partial charge on any atom is -0.500 e. The average Bonchev–Trinajstić information content (AvgIpc) is 2.70. The van der Waals surface area contributed by atoms with E-state index < -0.39 is 11.7 Å². The van der Waals surface area contributed by atoms with Gasteiger partial charge in [0, 0.05) is 26.2 Å². The van der Waals surface area contributed by atoms with E-state index in [1.165, 1.54) is 12.1 Å². The van der Waals surface area contributed by atoms with Crippen LogP contribution in [-0.2, 0) is 10.9 Å². The lowest BCUT2D eigenvalue weighted by atomic mass is 9.95. The zero-order valence-electron chi connectivity index (χ0n) is 16.0. The summed E-state index contributed by atoms with van der Waals surface area (Å²) in [6.07, 6.45) is -4.35. The smallest absolute Gasteiger partial charge is 0.416 e. The first-order valence-corrected chi connectivity index (χ1v) is 9.29. The van der Waals surface area contributed by atoms with Crippen LogP contribution < -0.4 is 0 Å². The third-order valence-corrected chi connectivity index (χ3v) is 5.11. The van der Waals surface area contributed by atoms with E-state index in [0.29, 0.717) is 17.9 Å². The monoisotopic (exact) mass is 390 g/mol. The molecule has 1 atom stereocenters. The van der Waals surface area contributed by atoms with E-state index in [2.05, 4.69) is 16.4 Å². The van der Waals surface area contributed by atoms with Crippen molar-refractivity contribution in [2.45, 2.75) is 12.2 Å². The highest BCUT2D eigenvalue weighted by Crippen LogP contribution is 2.34. The van der Waals surface area contributed by atoms with Gasteiger partial charge in [0.15, 0.2) is 0 Å².